The molecular formula is C47H60O9. The van der Waals surface area contributed by atoms with Crippen LogP contribution in [-0.2, 0) is 39.4 Å². The van der Waals surface area contributed by atoms with E-state index in [9.17, 15) is 14.4 Å². The predicted molar refractivity (Wildman–Crippen MR) is 220 cm³/mol. The first-order valence-electron chi connectivity index (χ1n) is 19.5. The van der Waals surface area contributed by atoms with Gasteiger partial charge in [0.1, 0.15) is 56.9 Å². The number of hydrogen-bond acceptors (Lipinski definition) is 9. The Labute approximate surface area is 333 Å². The van der Waals surface area contributed by atoms with Crippen molar-refractivity contribution in [3.8, 4) is 17.2 Å². The summed E-state index contributed by atoms with van der Waals surface area (Å²) in [6, 6.07) is 22.2. The van der Waals surface area contributed by atoms with Crippen molar-refractivity contribution in [1.82, 2.24) is 0 Å². The molecule has 0 saturated heterocycles. The summed E-state index contributed by atoms with van der Waals surface area (Å²) in [6.45, 7) is 25.1. The first kappa shape index (κ1) is 45.1. The summed E-state index contributed by atoms with van der Waals surface area (Å²) in [4.78, 5) is 36.4. The maximum absolute atomic E-state index is 12.4. The number of esters is 3. The highest BCUT2D eigenvalue weighted by atomic mass is 16.6. The molecule has 0 aliphatic heterocycles. The molecule has 0 aliphatic rings. The fraction of sp³-hybridized carbons (Fsp3) is 0.426. The molecule has 302 valence electrons. The fourth-order valence-electron chi connectivity index (χ4n) is 7.07. The molecule has 9 heteroatoms. The molecule has 0 spiro atoms. The minimum atomic E-state index is -0.617. The van der Waals surface area contributed by atoms with Crippen LogP contribution in [-0.4, -0.2) is 57.5 Å². The Bertz CT molecular complexity index is 1840. The van der Waals surface area contributed by atoms with Gasteiger partial charge >= 0.3 is 17.9 Å². The zero-order valence-electron chi connectivity index (χ0n) is 34.4. The minimum absolute atomic E-state index is 0.0298. The normalized spacial score (nSPS) is 13.0. The lowest BCUT2D eigenvalue weighted by Crippen LogP contribution is -2.32. The van der Waals surface area contributed by atoms with Crippen LogP contribution in [0.25, 0.3) is 0 Å². The molecule has 0 fully saturated rings. The number of rotatable bonds is 24. The number of carbonyl (C=O) groups excluding carboxylic acids is 3. The molecule has 0 N–H and O–H groups in total. The Hall–Kier alpha value is -5.31. The lowest BCUT2D eigenvalue weighted by atomic mass is 9.66. The van der Waals surface area contributed by atoms with Gasteiger partial charge in [-0.1, -0.05) is 115 Å². The lowest BCUT2D eigenvalue weighted by molar-refractivity contribution is -0.140. The van der Waals surface area contributed by atoms with E-state index in [1.54, 1.807) is 20.8 Å². The van der Waals surface area contributed by atoms with Gasteiger partial charge in [0, 0.05) is 49.8 Å². The number of ether oxygens (including phenoxy) is 6. The molecule has 0 saturated carbocycles. The maximum atomic E-state index is 12.4. The quantitative estimate of drug-likeness (QED) is 0.0381. The number of para-hydroxylation sites is 3. The van der Waals surface area contributed by atoms with E-state index in [2.05, 4.69) is 77.8 Å². The maximum Gasteiger partial charge on any atom is 0.333 e. The van der Waals surface area contributed by atoms with Gasteiger partial charge in [-0.15, -0.1) is 0 Å². The van der Waals surface area contributed by atoms with E-state index in [-0.39, 0.29) is 39.6 Å². The Morgan fingerprint density at radius 2 is 0.929 bits per heavy atom. The van der Waals surface area contributed by atoms with Gasteiger partial charge in [0.15, 0.2) is 0 Å². The molecule has 56 heavy (non-hydrogen) atoms. The third kappa shape index (κ3) is 11.4. The highest BCUT2D eigenvalue weighted by molar-refractivity contribution is 5.87. The number of carbonyl (C=O) groups is 3. The van der Waals surface area contributed by atoms with Crippen LogP contribution in [0.15, 0.2) is 103 Å². The predicted octanol–water partition coefficient (Wildman–Crippen LogP) is 9.78. The third-order valence-corrected chi connectivity index (χ3v) is 9.80. The van der Waals surface area contributed by atoms with Crippen LogP contribution in [0.5, 0.6) is 17.2 Å². The summed E-state index contributed by atoms with van der Waals surface area (Å²) in [6.07, 6.45) is 3.94. The van der Waals surface area contributed by atoms with Crippen LogP contribution in [0.1, 0.15) is 103 Å². The molecule has 0 bridgehead atoms. The SMILES string of the molecule is C=C(C)C(=O)OCCOc1ccccc1C(C)(CCC)c1cccc(C(CC)(CCC)c2ccccc2OCCOC(=O)C(=C)C)c1OCCOC(=O)C(=C)C. The van der Waals surface area contributed by atoms with Gasteiger partial charge in [0.05, 0.1) is 0 Å². The summed E-state index contributed by atoms with van der Waals surface area (Å²) in [5.41, 5.74) is 3.64. The Balaban J connectivity index is 2.23. The average Bonchev–Trinajstić information content (AvgIpc) is 3.18. The van der Waals surface area contributed by atoms with Crippen LogP contribution < -0.4 is 14.2 Å². The van der Waals surface area contributed by atoms with Gasteiger partial charge in [-0.25, -0.2) is 14.4 Å². The molecule has 2 unspecified atom stereocenters. The third-order valence-electron chi connectivity index (χ3n) is 9.80. The van der Waals surface area contributed by atoms with Crippen molar-refractivity contribution >= 4 is 17.9 Å². The Kier molecular flexibility index (Phi) is 17.5. The van der Waals surface area contributed by atoms with Gasteiger partial charge in [0.2, 0.25) is 0 Å². The minimum Gasteiger partial charge on any atom is -0.490 e. The summed E-state index contributed by atoms with van der Waals surface area (Å²) in [5.74, 6) is 0.644. The molecule has 9 nitrogen and oxygen atoms in total. The number of hydrogen-bond donors (Lipinski definition) is 0. The first-order chi connectivity index (χ1) is 26.8. The van der Waals surface area contributed by atoms with Gasteiger partial charge in [-0.05, 0) is 52.2 Å². The molecule has 0 amide bonds. The van der Waals surface area contributed by atoms with Gasteiger partial charge in [-0.3, -0.25) is 0 Å². The summed E-state index contributed by atoms with van der Waals surface area (Å²) in [5, 5.41) is 0. The van der Waals surface area contributed by atoms with E-state index < -0.39 is 28.7 Å². The van der Waals surface area contributed by atoms with Crippen molar-refractivity contribution < 1.29 is 42.8 Å². The molecule has 3 aromatic rings. The van der Waals surface area contributed by atoms with Gasteiger partial charge in [-0.2, -0.15) is 0 Å². The molecule has 0 radical (unpaired) electrons. The Morgan fingerprint density at radius 1 is 0.518 bits per heavy atom. The van der Waals surface area contributed by atoms with Gasteiger partial charge in [0.25, 0.3) is 0 Å². The highest BCUT2D eigenvalue weighted by Crippen LogP contribution is 2.52. The second kappa shape index (κ2) is 21.7. The zero-order chi connectivity index (χ0) is 41.3. The summed E-state index contributed by atoms with van der Waals surface area (Å²) < 4.78 is 35.7. The lowest BCUT2D eigenvalue weighted by Gasteiger charge is -2.40. The van der Waals surface area contributed by atoms with E-state index in [4.69, 9.17) is 28.4 Å². The standard InChI is InChI=1S/C47H60O9/c1-11-25-46(10,36-19-14-16-23-40(36)51-27-30-54-43(48)33(4)5)38-21-18-22-39(42(38)53-29-32-56-45(50)35(8)9)47(13-3,26-12-2)37-20-15-17-24-41(37)52-28-31-55-44(49)34(6)7/h14-24H,4,6,8,11-13,25-32H2,1-3,5,7,9-10H3. The molecule has 2 atom stereocenters. The molecule has 0 aliphatic carbocycles. The van der Waals surface area contributed by atoms with E-state index in [0.717, 1.165) is 47.9 Å². The van der Waals surface area contributed by atoms with Crippen LogP contribution in [0.2, 0.25) is 0 Å². The first-order valence-corrected chi connectivity index (χ1v) is 19.5. The van der Waals surface area contributed by atoms with E-state index in [1.807, 2.05) is 36.4 Å². The summed E-state index contributed by atoms with van der Waals surface area (Å²) >= 11 is 0. The van der Waals surface area contributed by atoms with Crippen molar-refractivity contribution in [2.45, 2.75) is 91.4 Å². The zero-order valence-corrected chi connectivity index (χ0v) is 34.4. The smallest absolute Gasteiger partial charge is 0.333 e. The van der Waals surface area contributed by atoms with E-state index in [1.165, 1.54) is 0 Å². The largest absolute Gasteiger partial charge is 0.490 e. The molecular weight excluding hydrogens is 709 g/mol. The second-order valence-electron chi connectivity index (χ2n) is 14.2. The van der Waals surface area contributed by atoms with Gasteiger partial charge < -0.3 is 28.4 Å². The van der Waals surface area contributed by atoms with Crippen molar-refractivity contribution in [1.29, 1.82) is 0 Å². The van der Waals surface area contributed by atoms with E-state index >= 15 is 0 Å². The Morgan fingerprint density at radius 3 is 1.39 bits per heavy atom. The highest BCUT2D eigenvalue weighted by Gasteiger charge is 2.41. The van der Waals surface area contributed by atoms with Crippen molar-refractivity contribution in [3.63, 3.8) is 0 Å². The van der Waals surface area contributed by atoms with Crippen LogP contribution in [0, 0.1) is 0 Å². The molecule has 0 heterocycles. The number of benzene rings is 3. The monoisotopic (exact) mass is 768 g/mol. The van der Waals surface area contributed by atoms with Crippen molar-refractivity contribution in [2.75, 3.05) is 39.6 Å². The molecule has 3 aromatic carbocycles. The van der Waals surface area contributed by atoms with Crippen molar-refractivity contribution in [2.24, 2.45) is 0 Å². The molecule has 3 rings (SSSR count). The van der Waals surface area contributed by atoms with Crippen LogP contribution in [0.3, 0.4) is 0 Å². The van der Waals surface area contributed by atoms with Crippen LogP contribution >= 0.6 is 0 Å². The fourth-order valence-corrected chi connectivity index (χ4v) is 7.07. The summed E-state index contributed by atoms with van der Waals surface area (Å²) in [7, 11) is 0. The second-order valence-corrected chi connectivity index (χ2v) is 14.2. The topological polar surface area (TPSA) is 107 Å². The van der Waals surface area contributed by atoms with E-state index in [0.29, 0.717) is 40.4 Å². The van der Waals surface area contributed by atoms with Crippen LogP contribution in [0.4, 0.5) is 0 Å². The average molecular weight is 769 g/mol. The van der Waals surface area contributed by atoms with Crippen molar-refractivity contribution in [3.05, 3.63) is 125 Å². The molecule has 0 aromatic heterocycles.